The van der Waals surface area contributed by atoms with Crippen molar-refractivity contribution < 1.29 is 22.8 Å². The van der Waals surface area contributed by atoms with E-state index in [0.29, 0.717) is 23.4 Å². The van der Waals surface area contributed by atoms with Gasteiger partial charge in [0.2, 0.25) is 5.91 Å². The first-order valence-corrected chi connectivity index (χ1v) is 10.5. The Labute approximate surface area is 189 Å². The molecule has 0 aliphatic rings. The number of rotatable bonds is 8. The highest BCUT2D eigenvalue weighted by atomic mass is 19.4. The summed E-state index contributed by atoms with van der Waals surface area (Å²) in [4.78, 5) is 24.1. The molecule has 0 saturated carbocycles. The minimum atomic E-state index is -4.58. The summed E-state index contributed by atoms with van der Waals surface area (Å²) in [5.74, 6) is -0.631. The summed E-state index contributed by atoms with van der Waals surface area (Å²) in [6.45, 7) is 3.57. The van der Waals surface area contributed by atoms with Crippen LogP contribution in [0.1, 0.15) is 45.7 Å². The average Bonchev–Trinajstić information content (AvgIpc) is 3.12. The molecule has 0 aliphatic heterocycles. The van der Waals surface area contributed by atoms with Gasteiger partial charge in [0, 0.05) is 30.8 Å². The number of alkyl halides is 3. The predicted molar refractivity (Wildman–Crippen MR) is 118 cm³/mol. The lowest BCUT2D eigenvalue weighted by atomic mass is 10.1. The lowest BCUT2D eigenvalue weighted by Gasteiger charge is -2.16. The molecule has 6 nitrogen and oxygen atoms in total. The van der Waals surface area contributed by atoms with E-state index in [2.05, 4.69) is 15.7 Å². The summed E-state index contributed by atoms with van der Waals surface area (Å²) in [6.07, 6.45) is -4.12. The van der Waals surface area contributed by atoms with E-state index in [1.54, 1.807) is 56.3 Å². The number of carbonyl (C=O) groups excluding carboxylic acids is 2. The molecule has 1 aromatic heterocycles. The fourth-order valence-corrected chi connectivity index (χ4v) is 3.43. The van der Waals surface area contributed by atoms with Crippen LogP contribution in [0.25, 0.3) is 5.69 Å². The first-order valence-electron chi connectivity index (χ1n) is 10.5. The monoisotopic (exact) mass is 458 g/mol. The Morgan fingerprint density at radius 3 is 2.36 bits per heavy atom. The summed E-state index contributed by atoms with van der Waals surface area (Å²) in [6, 6.07) is 14.4. The number of nitrogens with one attached hydrogen (secondary N) is 2. The number of hydrogen-bond donors (Lipinski definition) is 2. The Bertz CT molecular complexity index is 1120. The highest BCUT2D eigenvalue weighted by molar-refractivity contribution is 5.94. The molecule has 2 N–H and O–H groups in total. The molecule has 0 bridgehead atoms. The maximum atomic E-state index is 13.7. The second-order valence-corrected chi connectivity index (χ2v) is 7.68. The molecule has 0 radical (unpaired) electrons. The number of carbonyl (C=O) groups is 2. The van der Waals surface area contributed by atoms with Crippen molar-refractivity contribution in [3.63, 3.8) is 0 Å². The first-order chi connectivity index (χ1) is 15.6. The Morgan fingerprint density at radius 2 is 1.73 bits per heavy atom. The third-order valence-electron chi connectivity index (χ3n) is 5.03. The van der Waals surface area contributed by atoms with Crippen LogP contribution >= 0.6 is 0 Å². The van der Waals surface area contributed by atoms with Gasteiger partial charge in [0.1, 0.15) is 0 Å². The third-order valence-corrected chi connectivity index (χ3v) is 5.03. The Balaban J connectivity index is 1.56. The largest absolute Gasteiger partial charge is 0.416 e. The quantitative estimate of drug-likeness (QED) is 0.494. The molecule has 0 spiro atoms. The maximum Gasteiger partial charge on any atom is 0.416 e. The molecule has 174 valence electrons. The Hall–Kier alpha value is -3.62. The van der Waals surface area contributed by atoms with Crippen LogP contribution in [-0.2, 0) is 17.5 Å². The molecular formula is C24H25F3N4O2. The van der Waals surface area contributed by atoms with Gasteiger partial charge >= 0.3 is 6.18 Å². The van der Waals surface area contributed by atoms with Crippen molar-refractivity contribution in [2.75, 3.05) is 6.54 Å². The van der Waals surface area contributed by atoms with Gasteiger partial charge in [-0.25, -0.2) is 4.68 Å². The van der Waals surface area contributed by atoms with Crippen LogP contribution in [0.4, 0.5) is 13.2 Å². The number of benzene rings is 2. The first kappa shape index (κ1) is 24.0. The summed E-state index contributed by atoms with van der Waals surface area (Å²) in [5.41, 5.74) is 1.41. The van der Waals surface area contributed by atoms with Crippen LogP contribution < -0.4 is 10.6 Å². The van der Waals surface area contributed by atoms with Crippen LogP contribution in [0.15, 0.2) is 54.6 Å². The molecule has 0 unspecified atom stereocenters. The smallest absolute Gasteiger partial charge is 0.352 e. The number of amides is 2. The van der Waals surface area contributed by atoms with E-state index in [0.717, 1.165) is 11.8 Å². The van der Waals surface area contributed by atoms with Crippen molar-refractivity contribution in [1.82, 2.24) is 20.4 Å². The number of halogens is 3. The van der Waals surface area contributed by atoms with Crippen LogP contribution in [-0.4, -0.2) is 28.1 Å². The minimum absolute atomic E-state index is 0.0292. The standard InChI is InChI=1S/C24H25F3N4O2/c1-16-13-17(2)31(30-16)20-11-10-19(21(14-20)24(25,26)27)15-29-22(32)9-6-12-28-23(33)18-7-4-3-5-8-18/h3-5,7-8,10-11,13-14H,6,9,12,15H2,1-2H3,(H,28,33)(H,29,32). The van der Waals surface area contributed by atoms with Crippen molar-refractivity contribution in [3.05, 3.63) is 82.7 Å². The van der Waals surface area contributed by atoms with Crippen LogP contribution in [0.2, 0.25) is 0 Å². The molecule has 3 aromatic rings. The summed E-state index contributed by atoms with van der Waals surface area (Å²) >= 11 is 0. The van der Waals surface area contributed by atoms with Gasteiger partial charge < -0.3 is 10.6 Å². The molecule has 3 rings (SSSR count). The predicted octanol–water partition coefficient (Wildman–Crippen LogP) is 4.33. The molecule has 0 fully saturated rings. The summed E-state index contributed by atoms with van der Waals surface area (Å²) < 4.78 is 42.4. The number of nitrogens with zero attached hydrogens (tertiary/aromatic N) is 2. The van der Waals surface area contributed by atoms with E-state index in [4.69, 9.17) is 0 Å². The van der Waals surface area contributed by atoms with Gasteiger partial charge in [0.05, 0.1) is 16.9 Å². The van der Waals surface area contributed by atoms with Gasteiger partial charge in [0.15, 0.2) is 0 Å². The van der Waals surface area contributed by atoms with Crippen LogP contribution in [0, 0.1) is 13.8 Å². The van der Waals surface area contributed by atoms with E-state index < -0.39 is 11.7 Å². The zero-order chi connectivity index (χ0) is 24.0. The number of hydrogen-bond acceptors (Lipinski definition) is 3. The summed E-state index contributed by atoms with van der Waals surface area (Å²) in [7, 11) is 0. The zero-order valence-electron chi connectivity index (χ0n) is 18.4. The minimum Gasteiger partial charge on any atom is -0.352 e. The molecule has 2 aromatic carbocycles. The van der Waals surface area contributed by atoms with Crippen molar-refractivity contribution >= 4 is 11.8 Å². The molecule has 1 heterocycles. The topological polar surface area (TPSA) is 76.0 Å². The van der Waals surface area contributed by atoms with E-state index >= 15 is 0 Å². The molecule has 2 amide bonds. The van der Waals surface area contributed by atoms with E-state index in [9.17, 15) is 22.8 Å². The molecule has 9 heteroatoms. The van der Waals surface area contributed by atoms with E-state index in [-0.39, 0.29) is 36.9 Å². The number of aryl methyl sites for hydroxylation is 2. The Kier molecular flexibility index (Phi) is 7.52. The average molecular weight is 458 g/mol. The van der Waals surface area contributed by atoms with Gasteiger partial charge in [-0.05, 0) is 56.2 Å². The lowest BCUT2D eigenvalue weighted by molar-refractivity contribution is -0.138. The molecular weight excluding hydrogens is 433 g/mol. The van der Waals surface area contributed by atoms with Crippen molar-refractivity contribution in [1.29, 1.82) is 0 Å². The van der Waals surface area contributed by atoms with Gasteiger partial charge in [-0.1, -0.05) is 24.3 Å². The molecule has 0 atom stereocenters. The van der Waals surface area contributed by atoms with Gasteiger partial charge in [-0.3, -0.25) is 9.59 Å². The normalized spacial score (nSPS) is 11.3. The van der Waals surface area contributed by atoms with Crippen molar-refractivity contribution in [2.24, 2.45) is 0 Å². The summed E-state index contributed by atoms with van der Waals surface area (Å²) in [5, 5.41) is 9.47. The van der Waals surface area contributed by atoms with Gasteiger partial charge in [-0.15, -0.1) is 0 Å². The SMILES string of the molecule is Cc1cc(C)n(-c2ccc(CNC(=O)CCCNC(=O)c3ccccc3)c(C(F)(F)F)c2)n1. The van der Waals surface area contributed by atoms with Crippen LogP contribution in [0.3, 0.4) is 0 Å². The van der Waals surface area contributed by atoms with Crippen molar-refractivity contribution in [3.8, 4) is 5.69 Å². The lowest BCUT2D eigenvalue weighted by Crippen LogP contribution is -2.28. The third kappa shape index (κ3) is 6.44. The van der Waals surface area contributed by atoms with Gasteiger partial charge in [0.25, 0.3) is 5.91 Å². The fourth-order valence-electron chi connectivity index (χ4n) is 3.43. The maximum absolute atomic E-state index is 13.7. The van der Waals surface area contributed by atoms with Gasteiger partial charge in [-0.2, -0.15) is 18.3 Å². The number of aromatic nitrogens is 2. The molecule has 0 aliphatic carbocycles. The second-order valence-electron chi connectivity index (χ2n) is 7.68. The fraction of sp³-hybridized carbons (Fsp3) is 0.292. The highest BCUT2D eigenvalue weighted by Gasteiger charge is 2.34. The van der Waals surface area contributed by atoms with Crippen LogP contribution in [0.5, 0.6) is 0 Å². The molecule has 0 saturated heterocycles. The highest BCUT2D eigenvalue weighted by Crippen LogP contribution is 2.33. The Morgan fingerprint density at radius 1 is 1.00 bits per heavy atom. The van der Waals surface area contributed by atoms with E-state index in [1.807, 2.05) is 0 Å². The second kappa shape index (κ2) is 10.3. The van der Waals surface area contributed by atoms with E-state index in [1.165, 1.54) is 10.7 Å². The zero-order valence-corrected chi connectivity index (χ0v) is 18.4. The van der Waals surface area contributed by atoms with Crippen molar-refractivity contribution in [2.45, 2.75) is 39.4 Å². The molecule has 33 heavy (non-hydrogen) atoms.